The van der Waals surface area contributed by atoms with Crippen molar-refractivity contribution in [1.29, 1.82) is 0 Å². The van der Waals surface area contributed by atoms with Crippen LogP contribution in [0.3, 0.4) is 0 Å². The summed E-state index contributed by atoms with van der Waals surface area (Å²) in [5, 5.41) is 2.81. The summed E-state index contributed by atoms with van der Waals surface area (Å²) in [5.74, 6) is -0.615. The van der Waals surface area contributed by atoms with Gasteiger partial charge in [0.25, 0.3) is 5.91 Å². The second kappa shape index (κ2) is 9.90. The third-order valence-corrected chi connectivity index (χ3v) is 3.67. The largest absolute Gasteiger partial charge is 0.467 e. The molecule has 138 valence electrons. The summed E-state index contributed by atoms with van der Waals surface area (Å²) in [6.45, 7) is -1.02. The van der Waals surface area contributed by atoms with Crippen LogP contribution in [0.1, 0.15) is 29.6 Å². The molecule has 2 atom stereocenters. The van der Waals surface area contributed by atoms with Crippen molar-refractivity contribution >= 4 is 30.7 Å². The Kier molecular flexibility index (Phi) is 9.39. The fourth-order valence-corrected chi connectivity index (χ4v) is 2.58. The van der Waals surface area contributed by atoms with Crippen LogP contribution in [0.5, 0.6) is 5.88 Å². The van der Waals surface area contributed by atoms with E-state index in [4.69, 9.17) is 5.73 Å². The number of alkyl halides is 3. The molecule has 0 saturated heterocycles. The van der Waals surface area contributed by atoms with Crippen molar-refractivity contribution in [2.24, 2.45) is 11.7 Å². The molecule has 1 amide bonds. The van der Waals surface area contributed by atoms with Crippen molar-refractivity contribution in [1.82, 2.24) is 10.3 Å². The van der Waals surface area contributed by atoms with Crippen LogP contribution < -0.4 is 15.8 Å². The second-order valence-corrected chi connectivity index (χ2v) is 5.27. The molecule has 10 heteroatoms. The average molecular weight is 390 g/mol. The molecule has 0 aromatic carbocycles. The lowest BCUT2D eigenvalue weighted by Crippen LogP contribution is -2.40. The van der Waals surface area contributed by atoms with E-state index in [0.717, 1.165) is 19.3 Å². The minimum Gasteiger partial charge on any atom is -0.467 e. The van der Waals surface area contributed by atoms with Gasteiger partial charge in [-0.25, -0.2) is 4.98 Å². The molecule has 0 bridgehead atoms. The standard InChI is InChI=1S/C14H18F3N3O2.2ClH/c15-14(16,17)8-22-13-10(4-2-6-19-13)12(21)20-11-5-1-3-9(11)7-18;;/h2,4,6,9,11H,1,3,5,7-8,18H2,(H,20,21);2*1H. The molecule has 24 heavy (non-hydrogen) atoms. The molecule has 2 unspecified atom stereocenters. The van der Waals surface area contributed by atoms with Gasteiger partial charge in [-0.1, -0.05) is 6.42 Å². The van der Waals surface area contributed by atoms with E-state index >= 15 is 0 Å². The van der Waals surface area contributed by atoms with E-state index in [1.165, 1.54) is 18.3 Å². The molecular formula is C14H20Cl2F3N3O2. The SMILES string of the molecule is Cl.Cl.NCC1CCCC1NC(=O)c1cccnc1OCC(F)(F)F. The van der Waals surface area contributed by atoms with E-state index in [-0.39, 0.29) is 48.2 Å². The van der Waals surface area contributed by atoms with Crippen LogP contribution in [0, 0.1) is 5.92 Å². The number of hydrogen-bond acceptors (Lipinski definition) is 4. The number of nitrogens with one attached hydrogen (secondary N) is 1. The van der Waals surface area contributed by atoms with Crippen LogP contribution in [-0.4, -0.2) is 36.3 Å². The minimum absolute atomic E-state index is 0. The number of pyridine rings is 1. The molecule has 3 N–H and O–H groups in total. The van der Waals surface area contributed by atoms with Gasteiger partial charge in [-0.15, -0.1) is 24.8 Å². The number of nitrogens with zero attached hydrogens (tertiary/aromatic N) is 1. The van der Waals surface area contributed by atoms with Crippen LogP contribution >= 0.6 is 24.8 Å². The maximum absolute atomic E-state index is 12.3. The first-order valence-corrected chi connectivity index (χ1v) is 7.06. The number of nitrogens with two attached hydrogens (primary N) is 1. The van der Waals surface area contributed by atoms with Gasteiger partial charge in [-0.3, -0.25) is 4.79 Å². The number of amides is 1. The van der Waals surface area contributed by atoms with Crippen molar-refractivity contribution < 1.29 is 22.7 Å². The Bertz CT molecular complexity index is 532. The Morgan fingerprint density at radius 1 is 1.38 bits per heavy atom. The van der Waals surface area contributed by atoms with Crippen LogP contribution in [0.15, 0.2) is 18.3 Å². The van der Waals surface area contributed by atoms with Gasteiger partial charge < -0.3 is 15.8 Å². The second-order valence-electron chi connectivity index (χ2n) is 5.27. The number of aromatic nitrogens is 1. The van der Waals surface area contributed by atoms with Crippen molar-refractivity contribution in [2.75, 3.05) is 13.2 Å². The minimum atomic E-state index is -4.48. The topological polar surface area (TPSA) is 77.2 Å². The van der Waals surface area contributed by atoms with Gasteiger partial charge in [0.05, 0.1) is 0 Å². The maximum atomic E-state index is 12.3. The van der Waals surface area contributed by atoms with E-state index < -0.39 is 18.7 Å². The number of rotatable bonds is 5. The summed E-state index contributed by atoms with van der Waals surface area (Å²) in [6, 6.07) is 2.80. The molecular weight excluding hydrogens is 370 g/mol. The van der Waals surface area contributed by atoms with Crippen molar-refractivity contribution in [3.8, 4) is 5.88 Å². The lowest BCUT2D eigenvalue weighted by atomic mass is 10.0. The number of halogens is 5. The molecule has 1 fully saturated rings. The first-order chi connectivity index (χ1) is 10.4. The normalized spacial score (nSPS) is 19.8. The highest BCUT2D eigenvalue weighted by atomic mass is 35.5. The monoisotopic (exact) mass is 389 g/mol. The highest BCUT2D eigenvalue weighted by Gasteiger charge is 2.31. The van der Waals surface area contributed by atoms with Gasteiger partial charge in [-0.2, -0.15) is 13.2 Å². The first kappa shape index (κ1) is 22.8. The first-order valence-electron chi connectivity index (χ1n) is 7.06. The van der Waals surface area contributed by atoms with E-state index in [2.05, 4.69) is 15.0 Å². The van der Waals surface area contributed by atoms with Crippen molar-refractivity contribution in [3.05, 3.63) is 23.9 Å². The lowest BCUT2D eigenvalue weighted by molar-refractivity contribution is -0.154. The van der Waals surface area contributed by atoms with Gasteiger partial charge in [0.15, 0.2) is 6.61 Å². The number of carbonyl (C=O) groups is 1. The smallest absolute Gasteiger partial charge is 0.422 e. The summed E-state index contributed by atoms with van der Waals surface area (Å²) in [5.41, 5.74) is 5.65. The quantitative estimate of drug-likeness (QED) is 0.811. The van der Waals surface area contributed by atoms with Crippen LogP contribution in [0.4, 0.5) is 13.2 Å². The molecule has 1 saturated carbocycles. The molecule has 5 nitrogen and oxygen atoms in total. The Morgan fingerprint density at radius 3 is 2.71 bits per heavy atom. The predicted molar refractivity (Wildman–Crippen MR) is 87.9 cm³/mol. The molecule has 0 radical (unpaired) electrons. The summed E-state index contributed by atoms with van der Waals surface area (Å²) < 4.78 is 41.3. The molecule has 1 heterocycles. The summed E-state index contributed by atoms with van der Waals surface area (Å²) in [7, 11) is 0. The molecule has 1 aliphatic rings. The fourth-order valence-electron chi connectivity index (χ4n) is 2.58. The average Bonchev–Trinajstić information content (AvgIpc) is 2.91. The molecule has 1 aliphatic carbocycles. The number of ether oxygens (including phenoxy) is 1. The molecule has 0 aliphatic heterocycles. The van der Waals surface area contributed by atoms with Gasteiger partial charge in [0, 0.05) is 12.2 Å². The van der Waals surface area contributed by atoms with E-state index in [1.807, 2.05) is 0 Å². The fraction of sp³-hybridized carbons (Fsp3) is 0.571. The third kappa shape index (κ3) is 6.33. The molecule has 1 aromatic rings. The highest BCUT2D eigenvalue weighted by Crippen LogP contribution is 2.26. The van der Waals surface area contributed by atoms with Gasteiger partial charge in [-0.05, 0) is 37.4 Å². The molecule has 2 rings (SSSR count). The highest BCUT2D eigenvalue weighted by molar-refractivity contribution is 5.96. The van der Waals surface area contributed by atoms with Crippen LogP contribution in [-0.2, 0) is 0 Å². The van der Waals surface area contributed by atoms with E-state index in [0.29, 0.717) is 6.54 Å². The Balaban J connectivity index is 0.00000264. The Labute approximate surface area is 150 Å². The summed E-state index contributed by atoms with van der Waals surface area (Å²) in [4.78, 5) is 16.0. The van der Waals surface area contributed by atoms with Gasteiger partial charge in [0.1, 0.15) is 5.56 Å². The van der Waals surface area contributed by atoms with Crippen LogP contribution in [0.2, 0.25) is 0 Å². The van der Waals surface area contributed by atoms with Gasteiger partial charge in [0.2, 0.25) is 5.88 Å². The maximum Gasteiger partial charge on any atom is 0.422 e. The summed E-state index contributed by atoms with van der Waals surface area (Å²) in [6.07, 6.45) is -0.488. The Morgan fingerprint density at radius 2 is 2.08 bits per heavy atom. The summed E-state index contributed by atoms with van der Waals surface area (Å²) >= 11 is 0. The predicted octanol–water partition coefficient (Wildman–Crippen LogP) is 2.72. The molecule has 0 spiro atoms. The zero-order valence-corrected chi connectivity index (χ0v) is 14.3. The number of carbonyl (C=O) groups excluding carboxylic acids is 1. The van der Waals surface area contributed by atoms with Crippen molar-refractivity contribution in [3.63, 3.8) is 0 Å². The molecule has 1 aromatic heterocycles. The third-order valence-electron chi connectivity index (χ3n) is 3.67. The van der Waals surface area contributed by atoms with Gasteiger partial charge >= 0.3 is 6.18 Å². The van der Waals surface area contributed by atoms with E-state index in [9.17, 15) is 18.0 Å². The zero-order chi connectivity index (χ0) is 16.2. The lowest BCUT2D eigenvalue weighted by Gasteiger charge is -2.20. The Hall–Kier alpha value is -1.25. The van der Waals surface area contributed by atoms with Crippen LogP contribution in [0.25, 0.3) is 0 Å². The zero-order valence-electron chi connectivity index (χ0n) is 12.7. The number of hydrogen-bond donors (Lipinski definition) is 2. The van der Waals surface area contributed by atoms with Crippen molar-refractivity contribution in [2.45, 2.75) is 31.5 Å². The van der Waals surface area contributed by atoms with E-state index in [1.54, 1.807) is 0 Å².